The van der Waals surface area contributed by atoms with Crippen molar-refractivity contribution < 1.29 is 4.74 Å². The summed E-state index contributed by atoms with van der Waals surface area (Å²) in [4.78, 5) is 0. The third kappa shape index (κ3) is 3.47. The molecule has 3 nitrogen and oxygen atoms in total. The molecule has 0 amide bonds. The molecule has 1 rings (SSSR count). The predicted octanol–water partition coefficient (Wildman–Crippen LogP) is 3.10. The van der Waals surface area contributed by atoms with Crippen LogP contribution < -0.4 is 10.5 Å². The van der Waals surface area contributed by atoms with Gasteiger partial charge in [-0.1, -0.05) is 32.3 Å². The van der Waals surface area contributed by atoms with Gasteiger partial charge >= 0.3 is 0 Å². The van der Waals surface area contributed by atoms with Crippen LogP contribution in [0.2, 0.25) is 0 Å². The number of nitriles is 1. The zero-order chi connectivity index (χ0) is 11.8. The number of nitrogen functional groups attached to an aromatic ring is 1. The van der Waals surface area contributed by atoms with Crippen molar-refractivity contribution in [2.75, 3.05) is 12.3 Å². The van der Waals surface area contributed by atoms with Crippen LogP contribution in [0, 0.1) is 11.3 Å². The minimum atomic E-state index is 0.443. The molecule has 0 unspecified atom stereocenters. The van der Waals surface area contributed by atoms with Crippen LogP contribution in [0.1, 0.15) is 38.2 Å². The Hall–Kier alpha value is -1.69. The summed E-state index contributed by atoms with van der Waals surface area (Å²) in [6.45, 7) is 2.82. The van der Waals surface area contributed by atoms with Crippen molar-refractivity contribution in [2.45, 2.75) is 32.6 Å². The molecule has 0 bridgehead atoms. The van der Waals surface area contributed by atoms with Crippen LogP contribution in [0.25, 0.3) is 0 Å². The topological polar surface area (TPSA) is 59.0 Å². The molecule has 0 aliphatic heterocycles. The SMILES string of the molecule is CCCCCCOc1cccc(N)c1C#N. The Bertz CT molecular complexity index is 369. The highest BCUT2D eigenvalue weighted by Gasteiger charge is 2.05. The van der Waals surface area contributed by atoms with Crippen molar-refractivity contribution in [3.05, 3.63) is 23.8 Å². The maximum Gasteiger partial charge on any atom is 0.139 e. The fraction of sp³-hybridized carbons (Fsp3) is 0.462. The van der Waals surface area contributed by atoms with E-state index in [1.807, 2.05) is 0 Å². The number of rotatable bonds is 6. The molecule has 0 spiro atoms. The number of benzene rings is 1. The molecule has 0 aliphatic carbocycles. The lowest BCUT2D eigenvalue weighted by Gasteiger charge is -2.08. The summed E-state index contributed by atoms with van der Waals surface area (Å²) in [5.74, 6) is 0.596. The van der Waals surface area contributed by atoms with Gasteiger partial charge in [-0.25, -0.2) is 0 Å². The lowest BCUT2D eigenvalue weighted by molar-refractivity contribution is 0.304. The van der Waals surface area contributed by atoms with E-state index in [0.717, 1.165) is 6.42 Å². The molecule has 1 aromatic carbocycles. The molecule has 0 heterocycles. The van der Waals surface area contributed by atoms with E-state index in [9.17, 15) is 0 Å². The fourth-order valence-electron chi connectivity index (χ4n) is 1.50. The summed E-state index contributed by atoms with van der Waals surface area (Å²) in [7, 11) is 0. The molecule has 0 aromatic heterocycles. The van der Waals surface area contributed by atoms with E-state index in [1.165, 1.54) is 19.3 Å². The van der Waals surface area contributed by atoms with Crippen LogP contribution in [0.4, 0.5) is 5.69 Å². The molecule has 0 saturated carbocycles. The lowest BCUT2D eigenvalue weighted by Crippen LogP contribution is -2.01. The first-order valence-electron chi connectivity index (χ1n) is 5.71. The second kappa shape index (κ2) is 6.73. The van der Waals surface area contributed by atoms with E-state index in [-0.39, 0.29) is 0 Å². The summed E-state index contributed by atoms with van der Waals surface area (Å²) in [6.07, 6.45) is 4.63. The van der Waals surface area contributed by atoms with E-state index in [4.69, 9.17) is 15.7 Å². The summed E-state index contributed by atoms with van der Waals surface area (Å²) in [5, 5.41) is 8.93. The lowest BCUT2D eigenvalue weighted by atomic mass is 10.2. The van der Waals surface area contributed by atoms with Gasteiger partial charge in [0.2, 0.25) is 0 Å². The zero-order valence-electron chi connectivity index (χ0n) is 9.70. The minimum absolute atomic E-state index is 0.443. The highest BCUT2D eigenvalue weighted by Crippen LogP contribution is 2.23. The smallest absolute Gasteiger partial charge is 0.139 e. The predicted molar refractivity (Wildman–Crippen MR) is 65.2 cm³/mol. The molecule has 16 heavy (non-hydrogen) atoms. The molecule has 0 fully saturated rings. The highest BCUT2D eigenvalue weighted by atomic mass is 16.5. The second-order valence-corrected chi connectivity index (χ2v) is 3.74. The van der Waals surface area contributed by atoms with Gasteiger partial charge in [0, 0.05) is 0 Å². The standard InChI is InChI=1S/C13H18N2O/c1-2-3-4-5-9-16-13-8-6-7-12(15)11(13)10-14/h6-8H,2-5,9,15H2,1H3. The first-order valence-corrected chi connectivity index (χ1v) is 5.71. The molecular formula is C13H18N2O. The molecule has 0 saturated heterocycles. The van der Waals surface area contributed by atoms with Crippen LogP contribution >= 0.6 is 0 Å². The molecule has 2 N–H and O–H groups in total. The number of nitrogens with two attached hydrogens (primary N) is 1. The first-order chi connectivity index (χ1) is 7.79. The molecule has 0 atom stereocenters. The van der Waals surface area contributed by atoms with Crippen molar-refractivity contribution in [3.63, 3.8) is 0 Å². The Labute approximate surface area is 96.8 Å². The third-order valence-electron chi connectivity index (χ3n) is 2.43. The van der Waals surface area contributed by atoms with Gasteiger partial charge in [-0.05, 0) is 18.6 Å². The Kier molecular flexibility index (Phi) is 5.21. The number of ether oxygens (including phenoxy) is 1. The number of anilines is 1. The van der Waals surface area contributed by atoms with E-state index >= 15 is 0 Å². The Morgan fingerprint density at radius 3 is 2.81 bits per heavy atom. The Balaban J connectivity index is 2.48. The zero-order valence-corrected chi connectivity index (χ0v) is 9.70. The Morgan fingerprint density at radius 1 is 1.31 bits per heavy atom. The molecule has 0 radical (unpaired) electrons. The monoisotopic (exact) mass is 218 g/mol. The van der Waals surface area contributed by atoms with Gasteiger partial charge in [-0.15, -0.1) is 0 Å². The van der Waals surface area contributed by atoms with Gasteiger partial charge in [0.1, 0.15) is 17.4 Å². The van der Waals surface area contributed by atoms with Gasteiger partial charge in [-0.2, -0.15) is 5.26 Å². The third-order valence-corrected chi connectivity index (χ3v) is 2.43. The van der Waals surface area contributed by atoms with Crippen LogP contribution in [-0.4, -0.2) is 6.61 Å². The molecule has 86 valence electrons. The van der Waals surface area contributed by atoms with Crippen molar-refractivity contribution in [2.24, 2.45) is 0 Å². The quantitative estimate of drug-likeness (QED) is 0.589. The number of unbranched alkanes of at least 4 members (excludes halogenated alkanes) is 3. The van der Waals surface area contributed by atoms with Crippen LogP contribution in [0.5, 0.6) is 5.75 Å². The number of nitrogens with zero attached hydrogens (tertiary/aromatic N) is 1. The van der Waals surface area contributed by atoms with Gasteiger partial charge in [0.25, 0.3) is 0 Å². The number of hydrogen-bond donors (Lipinski definition) is 1. The van der Waals surface area contributed by atoms with Crippen LogP contribution in [0.15, 0.2) is 18.2 Å². The average Bonchev–Trinajstić information content (AvgIpc) is 2.29. The molecule has 1 aromatic rings. The van der Waals surface area contributed by atoms with E-state index in [0.29, 0.717) is 23.6 Å². The van der Waals surface area contributed by atoms with Crippen molar-refractivity contribution in [1.29, 1.82) is 5.26 Å². The average molecular weight is 218 g/mol. The minimum Gasteiger partial charge on any atom is -0.492 e. The molecule has 0 aliphatic rings. The normalized spacial score (nSPS) is 9.75. The summed E-state index contributed by atoms with van der Waals surface area (Å²) >= 11 is 0. The maximum atomic E-state index is 8.93. The van der Waals surface area contributed by atoms with E-state index in [2.05, 4.69) is 13.0 Å². The largest absolute Gasteiger partial charge is 0.492 e. The van der Waals surface area contributed by atoms with Crippen LogP contribution in [-0.2, 0) is 0 Å². The summed E-state index contributed by atoms with van der Waals surface area (Å²) in [6, 6.07) is 7.37. The Morgan fingerprint density at radius 2 is 2.12 bits per heavy atom. The summed E-state index contributed by atoms with van der Waals surface area (Å²) in [5.41, 5.74) is 6.60. The van der Waals surface area contributed by atoms with Crippen LogP contribution in [0.3, 0.4) is 0 Å². The molecular weight excluding hydrogens is 200 g/mol. The van der Waals surface area contributed by atoms with Crippen molar-refractivity contribution in [3.8, 4) is 11.8 Å². The van der Waals surface area contributed by atoms with Gasteiger partial charge < -0.3 is 10.5 Å². The summed E-state index contributed by atoms with van der Waals surface area (Å²) < 4.78 is 5.55. The molecule has 3 heteroatoms. The van der Waals surface area contributed by atoms with Crippen molar-refractivity contribution in [1.82, 2.24) is 0 Å². The number of hydrogen-bond acceptors (Lipinski definition) is 3. The van der Waals surface area contributed by atoms with E-state index < -0.39 is 0 Å². The first kappa shape index (κ1) is 12.4. The van der Waals surface area contributed by atoms with Gasteiger partial charge in [-0.3, -0.25) is 0 Å². The maximum absolute atomic E-state index is 8.93. The van der Waals surface area contributed by atoms with E-state index in [1.54, 1.807) is 18.2 Å². The highest BCUT2D eigenvalue weighted by molar-refractivity contribution is 5.60. The fourth-order valence-corrected chi connectivity index (χ4v) is 1.50. The van der Waals surface area contributed by atoms with Gasteiger partial charge in [0.15, 0.2) is 0 Å². The second-order valence-electron chi connectivity index (χ2n) is 3.74. The van der Waals surface area contributed by atoms with Crippen molar-refractivity contribution >= 4 is 5.69 Å². The van der Waals surface area contributed by atoms with Gasteiger partial charge in [0.05, 0.1) is 12.3 Å².